The highest BCUT2D eigenvalue weighted by Crippen LogP contribution is 2.63. The second kappa shape index (κ2) is 5.24. The molecule has 130 valence electrons. The lowest BCUT2D eigenvalue weighted by atomic mass is 9.63. The van der Waals surface area contributed by atoms with E-state index in [2.05, 4.69) is 31.2 Å². The fraction of sp³-hybridized carbons (Fsp3) is 0.667. The Hall–Kier alpha value is -1.51. The van der Waals surface area contributed by atoms with Crippen LogP contribution in [-0.4, -0.2) is 29.2 Å². The molecule has 2 fully saturated rings. The first-order valence-corrected chi connectivity index (χ1v) is 9.39. The molecule has 0 radical (unpaired) electrons. The third kappa shape index (κ3) is 2.28. The third-order valence-electron chi connectivity index (χ3n) is 6.66. The largest absolute Gasteiger partial charge is 0.444 e. The van der Waals surface area contributed by atoms with Crippen LogP contribution in [0.1, 0.15) is 64.0 Å². The summed E-state index contributed by atoms with van der Waals surface area (Å²) in [6, 6.07) is 9.24. The number of aryl methyl sites for hydroxylation is 1. The number of hydrogen-bond acceptors (Lipinski definition) is 2. The zero-order valence-electron chi connectivity index (χ0n) is 15.3. The van der Waals surface area contributed by atoms with Crippen molar-refractivity contribution in [3.05, 3.63) is 35.4 Å². The second-order valence-corrected chi connectivity index (χ2v) is 9.02. The van der Waals surface area contributed by atoms with E-state index in [0.29, 0.717) is 11.8 Å². The summed E-state index contributed by atoms with van der Waals surface area (Å²) in [5.74, 6) is 1.23. The fourth-order valence-corrected chi connectivity index (χ4v) is 5.73. The van der Waals surface area contributed by atoms with E-state index in [9.17, 15) is 4.79 Å². The standard InChI is InChI=1S/C21H29NO2/c1-14-17-9-10-18-16-8-6-5-7-15(16)11-12-21(17,18)13-22(14)19(23)24-20(2,3)4/h5-8,14,17-18H,9-13H2,1-4H3/t14-,17+,18-,21?/m0/s1. The predicted molar refractivity (Wildman–Crippen MR) is 95.1 cm³/mol. The summed E-state index contributed by atoms with van der Waals surface area (Å²) in [5, 5.41) is 0. The SMILES string of the molecule is C[C@H]1[C@H]2CC[C@H]3c4ccccc4CCC23CN1C(=O)OC(C)(C)C. The summed E-state index contributed by atoms with van der Waals surface area (Å²) >= 11 is 0. The Morgan fingerprint density at radius 1 is 1.25 bits per heavy atom. The maximum absolute atomic E-state index is 12.7. The van der Waals surface area contributed by atoms with Crippen LogP contribution in [-0.2, 0) is 11.2 Å². The van der Waals surface area contributed by atoms with Gasteiger partial charge in [0.05, 0.1) is 0 Å². The Morgan fingerprint density at radius 3 is 2.75 bits per heavy atom. The van der Waals surface area contributed by atoms with Gasteiger partial charge in [-0.1, -0.05) is 24.3 Å². The van der Waals surface area contributed by atoms with Crippen LogP contribution < -0.4 is 0 Å². The van der Waals surface area contributed by atoms with Gasteiger partial charge in [-0.25, -0.2) is 4.79 Å². The second-order valence-electron chi connectivity index (χ2n) is 9.02. The Morgan fingerprint density at radius 2 is 2.00 bits per heavy atom. The molecular weight excluding hydrogens is 298 g/mol. The summed E-state index contributed by atoms with van der Waals surface area (Å²) in [5.41, 5.74) is 2.91. The van der Waals surface area contributed by atoms with E-state index < -0.39 is 5.60 Å². The van der Waals surface area contributed by atoms with E-state index in [4.69, 9.17) is 4.74 Å². The molecule has 2 aliphatic carbocycles. The van der Waals surface area contributed by atoms with Gasteiger partial charge in [0.2, 0.25) is 0 Å². The summed E-state index contributed by atoms with van der Waals surface area (Å²) in [4.78, 5) is 14.7. The highest BCUT2D eigenvalue weighted by Gasteiger charge is 2.60. The molecule has 3 nitrogen and oxygen atoms in total. The molecule has 1 heterocycles. The molecule has 1 saturated carbocycles. The molecule has 1 aromatic rings. The number of amides is 1. The van der Waals surface area contributed by atoms with Gasteiger partial charge in [-0.3, -0.25) is 0 Å². The fourth-order valence-electron chi connectivity index (χ4n) is 5.73. The molecule has 1 saturated heterocycles. The van der Waals surface area contributed by atoms with E-state index in [0.717, 1.165) is 13.0 Å². The number of nitrogens with zero attached hydrogens (tertiary/aromatic N) is 1. The predicted octanol–water partition coefficient (Wildman–Crippen LogP) is 4.75. The van der Waals surface area contributed by atoms with Crippen molar-refractivity contribution in [2.75, 3.05) is 6.54 Å². The molecule has 1 unspecified atom stereocenters. The minimum atomic E-state index is -0.426. The molecule has 4 atom stereocenters. The quantitative estimate of drug-likeness (QED) is 0.688. The minimum absolute atomic E-state index is 0.128. The van der Waals surface area contributed by atoms with Gasteiger partial charge < -0.3 is 9.64 Å². The van der Waals surface area contributed by atoms with E-state index in [1.54, 1.807) is 5.56 Å². The topological polar surface area (TPSA) is 29.5 Å². The van der Waals surface area contributed by atoms with Crippen LogP contribution in [0, 0.1) is 11.3 Å². The number of ether oxygens (including phenoxy) is 1. The normalized spacial score (nSPS) is 34.5. The van der Waals surface area contributed by atoms with E-state index in [-0.39, 0.29) is 17.6 Å². The highest BCUT2D eigenvalue weighted by molar-refractivity contribution is 5.69. The van der Waals surface area contributed by atoms with E-state index >= 15 is 0 Å². The molecule has 0 aromatic heterocycles. The summed E-state index contributed by atoms with van der Waals surface area (Å²) in [6.07, 6.45) is 4.74. The maximum Gasteiger partial charge on any atom is 0.410 e. The minimum Gasteiger partial charge on any atom is -0.444 e. The number of carbonyl (C=O) groups excluding carboxylic acids is 1. The van der Waals surface area contributed by atoms with Gasteiger partial charge in [0, 0.05) is 18.0 Å². The van der Waals surface area contributed by atoms with Gasteiger partial charge in [0.1, 0.15) is 5.60 Å². The van der Waals surface area contributed by atoms with Crippen molar-refractivity contribution >= 4 is 6.09 Å². The number of hydrogen-bond donors (Lipinski definition) is 0. The van der Waals surface area contributed by atoms with Gasteiger partial charge in [0.15, 0.2) is 0 Å². The van der Waals surface area contributed by atoms with Crippen LogP contribution in [0.3, 0.4) is 0 Å². The van der Waals surface area contributed by atoms with Crippen molar-refractivity contribution in [2.24, 2.45) is 11.3 Å². The lowest BCUT2D eigenvalue weighted by molar-refractivity contribution is 0.0203. The van der Waals surface area contributed by atoms with Crippen molar-refractivity contribution < 1.29 is 9.53 Å². The number of carbonyl (C=O) groups is 1. The lowest BCUT2D eigenvalue weighted by Crippen LogP contribution is -2.41. The van der Waals surface area contributed by atoms with Crippen molar-refractivity contribution in [1.82, 2.24) is 4.90 Å². The average molecular weight is 327 g/mol. The summed E-state index contributed by atoms with van der Waals surface area (Å²) in [7, 11) is 0. The summed E-state index contributed by atoms with van der Waals surface area (Å²) in [6.45, 7) is 8.94. The van der Waals surface area contributed by atoms with Crippen LogP contribution in [0.25, 0.3) is 0 Å². The molecule has 0 bridgehead atoms. The van der Waals surface area contributed by atoms with Crippen LogP contribution in [0.15, 0.2) is 24.3 Å². The Labute approximate surface area is 145 Å². The van der Waals surface area contributed by atoms with E-state index in [1.165, 1.54) is 24.8 Å². The molecule has 4 rings (SSSR count). The van der Waals surface area contributed by atoms with Gasteiger partial charge in [0.25, 0.3) is 0 Å². The third-order valence-corrected chi connectivity index (χ3v) is 6.66. The molecule has 3 aliphatic rings. The number of likely N-dealkylation sites (tertiary alicyclic amines) is 1. The van der Waals surface area contributed by atoms with Gasteiger partial charge in [-0.05, 0) is 76.3 Å². The molecular formula is C21H29NO2. The maximum atomic E-state index is 12.7. The monoisotopic (exact) mass is 327 g/mol. The van der Waals surface area contributed by atoms with Gasteiger partial charge >= 0.3 is 6.09 Å². The molecule has 1 amide bonds. The first kappa shape index (κ1) is 16.0. The highest BCUT2D eigenvalue weighted by atomic mass is 16.6. The van der Waals surface area contributed by atoms with Crippen LogP contribution in [0.5, 0.6) is 0 Å². The first-order valence-electron chi connectivity index (χ1n) is 9.39. The Bertz CT molecular complexity index is 662. The van der Waals surface area contributed by atoms with Crippen LogP contribution in [0.4, 0.5) is 4.79 Å². The molecule has 3 heteroatoms. The number of benzene rings is 1. The zero-order chi connectivity index (χ0) is 17.1. The van der Waals surface area contributed by atoms with Gasteiger partial charge in [-0.2, -0.15) is 0 Å². The van der Waals surface area contributed by atoms with Crippen molar-refractivity contribution in [1.29, 1.82) is 0 Å². The first-order chi connectivity index (χ1) is 11.3. The Kier molecular flexibility index (Phi) is 3.49. The molecule has 1 aliphatic heterocycles. The number of fused-ring (bicyclic) bond motifs is 2. The molecule has 24 heavy (non-hydrogen) atoms. The molecule has 0 N–H and O–H groups in total. The lowest BCUT2D eigenvalue weighted by Gasteiger charge is -2.41. The zero-order valence-corrected chi connectivity index (χ0v) is 15.3. The smallest absolute Gasteiger partial charge is 0.410 e. The number of rotatable bonds is 0. The van der Waals surface area contributed by atoms with Crippen molar-refractivity contribution in [3.8, 4) is 0 Å². The van der Waals surface area contributed by atoms with E-state index in [1.807, 2.05) is 25.7 Å². The van der Waals surface area contributed by atoms with Gasteiger partial charge in [-0.15, -0.1) is 0 Å². The summed E-state index contributed by atoms with van der Waals surface area (Å²) < 4.78 is 5.69. The molecule has 1 aromatic carbocycles. The molecule has 1 spiro atoms. The average Bonchev–Trinajstić information content (AvgIpc) is 3.01. The van der Waals surface area contributed by atoms with Crippen molar-refractivity contribution in [3.63, 3.8) is 0 Å². The van der Waals surface area contributed by atoms with Crippen molar-refractivity contribution in [2.45, 2.75) is 70.9 Å². The van der Waals surface area contributed by atoms with Crippen LogP contribution >= 0.6 is 0 Å². The van der Waals surface area contributed by atoms with Crippen LogP contribution in [0.2, 0.25) is 0 Å². The Balaban J connectivity index is 1.64.